The number of hydrogen-bond donors (Lipinski definition) is 1. The van der Waals surface area contributed by atoms with E-state index in [9.17, 15) is 9.90 Å². The van der Waals surface area contributed by atoms with Crippen LogP contribution < -0.4 is 0 Å². The van der Waals surface area contributed by atoms with Gasteiger partial charge in [0.25, 0.3) is 0 Å². The Balaban J connectivity index is 3.76. The average Bonchev–Trinajstić information content (AvgIpc) is 1.87. The molecule has 0 spiro atoms. The number of aliphatic hydroxyl groups excluding tert-OH is 1. The second-order valence-electron chi connectivity index (χ2n) is 3.30. The fourth-order valence-electron chi connectivity index (χ4n) is 0.597. The second kappa shape index (κ2) is 4.34. The minimum atomic E-state index is -0.509. The van der Waals surface area contributed by atoms with Crippen molar-refractivity contribution < 1.29 is 9.90 Å². The lowest BCUT2D eigenvalue weighted by Crippen LogP contribution is -2.28. The molecule has 0 unspecified atom stereocenters. The minimum absolute atomic E-state index is 0.0220. The smallest absolute Gasteiger partial charge is 0.224 e. The van der Waals surface area contributed by atoms with Crippen LogP contribution in [0.2, 0.25) is 0 Å². The summed E-state index contributed by atoms with van der Waals surface area (Å²) in [5, 5.41) is 9.30. The van der Waals surface area contributed by atoms with Gasteiger partial charge in [0.2, 0.25) is 5.91 Å². The topological polar surface area (TPSA) is 40.5 Å². The lowest BCUT2D eigenvalue weighted by Gasteiger charge is -2.16. The summed E-state index contributed by atoms with van der Waals surface area (Å²) in [6.07, 6.45) is -0.283. The van der Waals surface area contributed by atoms with Gasteiger partial charge in [0, 0.05) is 14.1 Å². The predicted molar refractivity (Wildman–Crippen MR) is 44.2 cm³/mol. The molecular formula is C8H17NO2. The molecule has 0 aliphatic rings. The number of carbonyl (C=O) groups excluding carboxylic acids is 1. The largest absolute Gasteiger partial charge is 0.392 e. The Morgan fingerprint density at radius 1 is 1.45 bits per heavy atom. The third-order valence-electron chi connectivity index (χ3n) is 1.65. The number of hydrogen-bond acceptors (Lipinski definition) is 2. The lowest BCUT2D eigenvalue weighted by atomic mass is 10.0. The van der Waals surface area contributed by atoms with E-state index in [4.69, 9.17) is 0 Å². The number of nitrogens with zero attached hydrogens (tertiary/aromatic N) is 1. The first kappa shape index (κ1) is 10.4. The SMILES string of the molecule is CC(C)[C@H](O)CC(=O)N(C)C. The van der Waals surface area contributed by atoms with Crippen LogP contribution >= 0.6 is 0 Å². The molecule has 3 heteroatoms. The van der Waals surface area contributed by atoms with Crippen molar-refractivity contribution in [1.82, 2.24) is 4.90 Å². The molecule has 0 aromatic heterocycles. The van der Waals surface area contributed by atoms with Gasteiger partial charge in [0.15, 0.2) is 0 Å². The molecular weight excluding hydrogens is 142 g/mol. The van der Waals surface area contributed by atoms with Gasteiger partial charge in [-0.05, 0) is 5.92 Å². The average molecular weight is 159 g/mol. The fraction of sp³-hybridized carbons (Fsp3) is 0.875. The van der Waals surface area contributed by atoms with Gasteiger partial charge in [0.05, 0.1) is 12.5 Å². The summed E-state index contributed by atoms with van der Waals surface area (Å²) >= 11 is 0. The van der Waals surface area contributed by atoms with E-state index >= 15 is 0 Å². The van der Waals surface area contributed by atoms with E-state index in [0.29, 0.717) is 0 Å². The number of carbonyl (C=O) groups is 1. The Morgan fingerprint density at radius 3 is 2.18 bits per heavy atom. The first-order chi connectivity index (χ1) is 4.95. The van der Waals surface area contributed by atoms with Crippen molar-refractivity contribution in [3.05, 3.63) is 0 Å². The van der Waals surface area contributed by atoms with Crippen molar-refractivity contribution >= 4 is 5.91 Å². The van der Waals surface area contributed by atoms with Crippen LogP contribution in [0, 0.1) is 5.92 Å². The highest BCUT2D eigenvalue weighted by Gasteiger charge is 2.14. The molecule has 0 rings (SSSR count). The molecule has 1 atom stereocenters. The Labute approximate surface area is 68.0 Å². The molecule has 0 aliphatic carbocycles. The Hall–Kier alpha value is -0.570. The maximum absolute atomic E-state index is 11.0. The van der Waals surface area contributed by atoms with E-state index in [0.717, 1.165) is 0 Å². The van der Waals surface area contributed by atoms with Crippen LogP contribution in [0.4, 0.5) is 0 Å². The predicted octanol–water partition coefficient (Wildman–Crippen LogP) is 0.482. The standard InChI is InChI=1S/C8H17NO2/c1-6(2)7(10)5-8(11)9(3)4/h6-7,10H,5H2,1-4H3/t7-/m1/s1. The molecule has 0 aromatic rings. The van der Waals surface area contributed by atoms with Gasteiger partial charge in [0.1, 0.15) is 0 Å². The summed E-state index contributed by atoms with van der Waals surface area (Å²) in [6.45, 7) is 3.79. The number of rotatable bonds is 3. The zero-order valence-corrected chi connectivity index (χ0v) is 7.66. The van der Waals surface area contributed by atoms with Crippen molar-refractivity contribution in [2.24, 2.45) is 5.92 Å². The molecule has 0 heterocycles. The van der Waals surface area contributed by atoms with Gasteiger partial charge < -0.3 is 10.0 Å². The highest BCUT2D eigenvalue weighted by atomic mass is 16.3. The van der Waals surface area contributed by atoms with Crippen LogP contribution in [-0.4, -0.2) is 36.1 Å². The Bertz CT molecular complexity index is 132. The van der Waals surface area contributed by atoms with Crippen LogP contribution in [0.3, 0.4) is 0 Å². The van der Waals surface area contributed by atoms with Gasteiger partial charge in [-0.2, -0.15) is 0 Å². The Morgan fingerprint density at radius 2 is 1.91 bits per heavy atom. The second-order valence-corrected chi connectivity index (χ2v) is 3.30. The summed E-state index contributed by atoms with van der Waals surface area (Å²) < 4.78 is 0. The third-order valence-corrected chi connectivity index (χ3v) is 1.65. The summed E-state index contributed by atoms with van der Waals surface area (Å²) in [7, 11) is 3.38. The van der Waals surface area contributed by atoms with Gasteiger partial charge in [-0.25, -0.2) is 0 Å². The van der Waals surface area contributed by atoms with Crippen molar-refractivity contribution in [2.75, 3.05) is 14.1 Å². The Kier molecular flexibility index (Phi) is 4.11. The van der Waals surface area contributed by atoms with Crippen LogP contribution in [0.25, 0.3) is 0 Å². The molecule has 11 heavy (non-hydrogen) atoms. The van der Waals surface area contributed by atoms with Crippen molar-refractivity contribution in [3.8, 4) is 0 Å². The van der Waals surface area contributed by atoms with Crippen molar-refractivity contribution in [3.63, 3.8) is 0 Å². The van der Waals surface area contributed by atoms with Gasteiger partial charge in [-0.1, -0.05) is 13.8 Å². The third kappa shape index (κ3) is 3.98. The zero-order valence-electron chi connectivity index (χ0n) is 7.66. The normalized spacial score (nSPS) is 13.3. The van der Waals surface area contributed by atoms with Gasteiger partial charge >= 0.3 is 0 Å². The molecule has 0 fully saturated rings. The van der Waals surface area contributed by atoms with Crippen molar-refractivity contribution in [2.45, 2.75) is 26.4 Å². The molecule has 0 aliphatic heterocycles. The molecule has 1 N–H and O–H groups in total. The van der Waals surface area contributed by atoms with E-state index in [1.165, 1.54) is 4.90 Å². The maximum atomic E-state index is 11.0. The molecule has 0 radical (unpaired) electrons. The van der Waals surface area contributed by atoms with E-state index in [1.54, 1.807) is 14.1 Å². The molecule has 66 valence electrons. The van der Waals surface area contributed by atoms with Crippen molar-refractivity contribution in [1.29, 1.82) is 0 Å². The minimum Gasteiger partial charge on any atom is -0.392 e. The molecule has 0 saturated carbocycles. The van der Waals surface area contributed by atoms with Gasteiger partial charge in [-0.3, -0.25) is 4.79 Å². The van der Waals surface area contributed by atoms with E-state index in [1.807, 2.05) is 13.8 Å². The zero-order chi connectivity index (χ0) is 9.02. The quantitative estimate of drug-likeness (QED) is 0.650. The molecule has 0 aromatic carbocycles. The summed E-state index contributed by atoms with van der Waals surface area (Å²) in [6, 6.07) is 0. The van der Waals surface area contributed by atoms with E-state index in [-0.39, 0.29) is 18.2 Å². The molecule has 0 bridgehead atoms. The van der Waals surface area contributed by atoms with Crippen LogP contribution in [-0.2, 0) is 4.79 Å². The first-order valence-electron chi connectivity index (χ1n) is 3.83. The fourth-order valence-corrected chi connectivity index (χ4v) is 0.597. The van der Waals surface area contributed by atoms with Crippen LogP contribution in [0.1, 0.15) is 20.3 Å². The highest BCUT2D eigenvalue weighted by Crippen LogP contribution is 2.06. The van der Waals surface area contributed by atoms with E-state index < -0.39 is 6.10 Å². The van der Waals surface area contributed by atoms with Gasteiger partial charge in [-0.15, -0.1) is 0 Å². The summed E-state index contributed by atoms with van der Waals surface area (Å²) in [4.78, 5) is 12.5. The molecule has 3 nitrogen and oxygen atoms in total. The monoisotopic (exact) mass is 159 g/mol. The molecule has 0 saturated heterocycles. The number of aliphatic hydroxyl groups is 1. The van der Waals surface area contributed by atoms with E-state index in [2.05, 4.69) is 0 Å². The first-order valence-corrected chi connectivity index (χ1v) is 3.83. The number of amides is 1. The van der Waals surface area contributed by atoms with Crippen LogP contribution in [0.15, 0.2) is 0 Å². The summed E-state index contributed by atoms with van der Waals surface area (Å²) in [5.41, 5.74) is 0. The lowest BCUT2D eigenvalue weighted by molar-refractivity contribution is -0.131. The molecule has 1 amide bonds. The summed E-state index contributed by atoms with van der Waals surface area (Å²) in [5.74, 6) is 0.130. The highest BCUT2D eigenvalue weighted by molar-refractivity contribution is 5.76. The maximum Gasteiger partial charge on any atom is 0.224 e. The van der Waals surface area contributed by atoms with Crippen LogP contribution in [0.5, 0.6) is 0 Å².